The molecule has 540 valence electrons. The van der Waals surface area contributed by atoms with Gasteiger partial charge in [0.15, 0.2) is 0 Å². The lowest BCUT2D eigenvalue weighted by Crippen LogP contribution is -2.41. The molecular weight excluding hydrogens is 1220 g/mol. The summed E-state index contributed by atoms with van der Waals surface area (Å²) in [5.41, 5.74) is -1.02. The molecule has 0 aliphatic rings. The second kappa shape index (κ2) is 58.6. The van der Waals surface area contributed by atoms with E-state index in [1.807, 2.05) is 0 Å². The summed E-state index contributed by atoms with van der Waals surface area (Å²) in [7, 11) is 0. The first kappa shape index (κ1) is 88.2. The van der Waals surface area contributed by atoms with Crippen molar-refractivity contribution < 1.29 is 168 Å². The second-order valence-corrected chi connectivity index (χ2v) is 21.3. The topological polar surface area (TPSA) is 541 Å². The lowest BCUT2D eigenvalue weighted by molar-refractivity contribution is -0.144. The molecule has 0 aromatic heterocycles. The minimum atomic E-state index is -1.26. The molecule has 17 atom stereocenters. The van der Waals surface area contributed by atoms with E-state index in [0.717, 1.165) is 0 Å². The fourth-order valence-electron chi connectivity index (χ4n) is 6.97. The van der Waals surface area contributed by atoms with E-state index < -0.39 is 149 Å². The predicted molar refractivity (Wildman–Crippen MR) is 307 cm³/mol. The van der Waals surface area contributed by atoms with Crippen LogP contribution in [0, 0.1) is 10.3 Å². The van der Waals surface area contributed by atoms with Crippen molar-refractivity contribution >= 4 is 0 Å². The van der Waals surface area contributed by atoms with Crippen molar-refractivity contribution in [2.75, 3.05) is 231 Å². The monoisotopic (exact) mass is 1330 g/mol. The Morgan fingerprint density at radius 1 is 0.256 bits per heavy atom. The zero-order valence-electron chi connectivity index (χ0n) is 51.6. The second-order valence-electron chi connectivity index (χ2n) is 21.3. The highest BCUT2D eigenvalue weighted by Gasteiger charge is 2.32. The van der Waals surface area contributed by atoms with Crippen molar-refractivity contribution in [2.24, 2.45) is 10.6 Å². The number of aliphatic hydroxyl groups excluding tert-OH is 18. The maximum Gasteiger partial charge on any atom is 0.110 e. The molecule has 36 heteroatoms. The molecule has 0 aromatic carbocycles. The highest BCUT2D eigenvalue weighted by molar-refractivity contribution is 4.79. The van der Waals surface area contributed by atoms with Crippen molar-refractivity contribution in [3.63, 3.8) is 0 Å². The van der Waals surface area contributed by atoms with Crippen LogP contribution in [0.25, 0.3) is 0 Å². The van der Waals surface area contributed by atoms with Gasteiger partial charge in [-0.1, -0.05) is 12.1 Å². The fourth-order valence-corrected chi connectivity index (χ4v) is 6.97. The van der Waals surface area contributed by atoms with Crippen LogP contribution in [0.5, 0.6) is 0 Å². The van der Waals surface area contributed by atoms with Crippen LogP contribution in [0.1, 0.15) is 13.3 Å². The standard InChI is InChI=1S/C54H109NO35/c1-2-54(35-83-21-46(71)16-77-15-44(69)14-75-11-38(63)4-56,36-84-22-47(72)19-79-27-49(3-55-74)86-23-41(66)7-59)37-85-33-52(90-34-53(32-78-13-40(65)6-58)89-26-48(73)20-76-12-39(64)5-57)30-81-18-45(70)17-80-29-51(88-25-43(68)9-61)31-82-28-50(10-62)87-24-42(67)8-60/h38-53,56-73H,2-37H2,1H3. The van der Waals surface area contributed by atoms with Crippen LogP contribution in [-0.4, -0.2) is 421 Å². The summed E-state index contributed by atoms with van der Waals surface area (Å²) in [5, 5.41) is 179. The smallest absolute Gasteiger partial charge is 0.110 e. The third kappa shape index (κ3) is 49.7. The molecule has 0 saturated carbocycles. The first-order chi connectivity index (χ1) is 43.2. The van der Waals surface area contributed by atoms with Gasteiger partial charge >= 0.3 is 0 Å². The van der Waals surface area contributed by atoms with Gasteiger partial charge in [0.2, 0.25) is 0 Å². The van der Waals surface area contributed by atoms with Gasteiger partial charge in [0, 0.05) is 5.41 Å². The number of aliphatic hydroxyl groups is 18. The molecule has 0 radical (unpaired) electrons. The van der Waals surface area contributed by atoms with Crippen molar-refractivity contribution in [3.05, 3.63) is 4.91 Å². The number of nitrogens with zero attached hydrogens (tertiary/aromatic N) is 1. The average Bonchev–Trinajstić information content (AvgIpc) is 3.74. The largest absolute Gasteiger partial charge is 0.394 e. The number of hydrogen-bond donors (Lipinski definition) is 18. The van der Waals surface area contributed by atoms with E-state index in [1.165, 1.54) is 0 Å². The van der Waals surface area contributed by atoms with E-state index in [9.17, 15) is 76.4 Å². The van der Waals surface area contributed by atoms with Gasteiger partial charge in [0.05, 0.1) is 225 Å². The molecule has 90 heavy (non-hydrogen) atoms. The van der Waals surface area contributed by atoms with E-state index in [2.05, 4.69) is 5.18 Å². The summed E-state index contributed by atoms with van der Waals surface area (Å²) in [6.07, 6.45) is -17.4. The molecule has 0 bridgehead atoms. The summed E-state index contributed by atoms with van der Waals surface area (Å²) >= 11 is 0. The summed E-state index contributed by atoms with van der Waals surface area (Å²) in [6.45, 7) is -9.09. The maximum atomic E-state index is 10.9. The lowest BCUT2D eigenvalue weighted by atomic mass is 9.88. The molecular formula is C54H109NO35. The minimum Gasteiger partial charge on any atom is -0.394 e. The van der Waals surface area contributed by atoms with Gasteiger partial charge in [0.25, 0.3) is 0 Å². The SMILES string of the molecule is CCC(COCC(O)COCC(O)COCC(O)CO)(COCC(O)COCC(CN=O)OCC(O)CO)COCC(COCC(O)COCC(COCC(CO)OCC(O)CO)OCC(O)CO)OCC(COCC(O)CO)OCC(O)COCC(O)CO. The van der Waals surface area contributed by atoms with E-state index in [1.54, 1.807) is 6.92 Å². The highest BCUT2D eigenvalue weighted by Crippen LogP contribution is 2.25. The molecule has 0 saturated heterocycles. The van der Waals surface area contributed by atoms with Crippen LogP contribution in [0.3, 0.4) is 0 Å². The summed E-state index contributed by atoms with van der Waals surface area (Å²) in [4.78, 5) is 10.9. The molecule has 0 amide bonds. The number of nitroso groups, excluding NO2 is 1. The Kier molecular flexibility index (Phi) is 57.4. The Labute approximate surface area is 524 Å². The third-order valence-corrected chi connectivity index (χ3v) is 12.2. The van der Waals surface area contributed by atoms with Crippen LogP contribution in [0.4, 0.5) is 0 Å². The molecule has 18 N–H and O–H groups in total. The Morgan fingerprint density at radius 3 is 0.800 bits per heavy atom. The van der Waals surface area contributed by atoms with E-state index in [0.29, 0.717) is 6.42 Å². The van der Waals surface area contributed by atoms with Gasteiger partial charge in [-0.25, -0.2) is 0 Å². The van der Waals surface area contributed by atoms with E-state index in [4.69, 9.17) is 96.2 Å². The molecule has 0 rings (SSSR count). The maximum absolute atomic E-state index is 10.9. The first-order valence-corrected chi connectivity index (χ1v) is 29.7. The Balaban J connectivity index is 6.43. The summed E-state index contributed by atoms with van der Waals surface area (Å²) in [6, 6.07) is 0. The summed E-state index contributed by atoms with van der Waals surface area (Å²) < 4.78 is 90.7. The van der Waals surface area contributed by atoms with Gasteiger partial charge in [-0.15, -0.1) is 0 Å². The number of rotatable bonds is 69. The van der Waals surface area contributed by atoms with Crippen LogP contribution in [0.15, 0.2) is 5.18 Å². The van der Waals surface area contributed by atoms with Gasteiger partial charge in [-0.05, 0) is 6.42 Å². The van der Waals surface area contributed by atoms with Crippen molar-refractivity contribution in [1.29, 1.82) is 0 Å². The van der Waals surface area contributed by atoms with Crippen molar-refractivity contribution in [3.8, 4) is 0 Å². The Bertz CT molecular complexity index is 1570. The lowest BCUT2D eigenvalue weighted by Gasteiger charge is -2.33. The molecule has 0 heterocycles. The fraction of sp³-hybridized carbons (Fsp3) is 1.00. The zero-order valence-corrected chi connectivity index (χ0v) is 51.6. The zero-order chi connectivity index (χ0) is 67.2. The van der Waals surface area contributed by atoms with Crippen LogP contribution < -0.4 is 0 Å². The number of hydrogen-bond acceptors (Lipinski definition) is 36. The summed E-state index contributed by atoms with van der Waals surface area (Å²) in [5.74, 6) is 0. The average molecular weight is 1330 g/mol. The Morgan fingerprint density at radius 2 is 0.467 bits per heavy atom. The van der Waals surface area contributed by atoms with Gasteiger partial charge in [-0.2, -0.15) is 4.91 Å². The molecule has 0 aromatic rings. The molecule has 0 aliphatic heterocycles. The molecule has 0 fully saturated rings. The van der Waals surface area contributed by atoms with Crippen LogP contribution in [0.2, 0.25) is 0 Å². The quantitative estimate of drug-likeness (QED) is 0.0251. The van der Waals surface area contributed by atoms with Gasteiger partial charge in [-0.3, -0.25) is 0 Å². The molecule has 36 nitrogen and oxygen atoms in total. The third-order valence-electron chi connectivity index (χ3n) is 12.2. The van der Waals surface area contributed by atoms with Crippen LogP contribution >= 0.6 is 0 Å². The molecule has 0 spiro atoms. The van der Waals surface area contributed by atoms with Gasteiger partial charge < -0.3 is 168 Å². The Hall–Kier alpha value is -1.76. The van der Waals surface area contributed by atoms with Gasteiger partial charge in [0.1, 0.15) is 104 Å². The van der Waals surface area contributed by atoms with E-state index in [-0.39, 0.29) is 185 Å². The minimum absolute atomic E-state index is 0.117. The van der Waals surface area contributed by atoms with Crippen molar-refractivity contribution in [2.45, 2.75) is 111 Å². The first-order valence-electron chi connectivity index (χ1n) is 29.7. The highest BCUT2D eigenvalue weighted by atomic mass is 16.6. The molecule has 17 unspecified atom stereocenters. The molecule has 0 aliphatic carbocycles. The predicted octanol–water partition coefficient (Wildman–Crippen LogP) is -9.83. The van der Waals surface area contributed by atoms with Crippen molar-refractivity contribution in [1.82, 2.24) is 0 Å². The number of ether oxygens (including phenoxy) is 16. The van der Waals surface area contributed by atoms with Crippen LogP contribution in [-0.2, 0) is 75.8 Å². The normalized spacial score (nSPS) is 18.3. The van der Waals surface area contributed by atoms with E-state index >= 15 is 0 Å².